The topological polar surface area (TPSA) is 52.6 Å². The number of nitrogens with one attached hydrogen (secondary N) is 1. The largest absolute Gasteiger partial charge is 0.391 e. The van der Waals surface area contributed by atoms with Crippen LogP contribution >= 0.6 is 0 Å². The molecule has 0 spiro atoms. The zero-order chi connectivity index (χ0) is 11.5. The number of hydrogen-bond acceptors (Lipinski definition) is 3. The van der Waals surface area contributed by atoms with Gasteiger partial charge in [-0.15, -0.1) is 0 Å². The summed E-state index contributed by atoms with van der Waals surface area (Å²) in [5.74, 6) is 0.197. The highest BCUT2D eigenvalue weighted by Gasteiger charge is 2.35. The molecule has 0 aromatic carbocycles. The van der Waals surface area contributed by atoms with Crippen molar-refractivity contribution in [1.29, 1.82) is 0 Å². The molecule has 0 radical (unpaired) electrons. The molecule has 0 saturated carbocycles. The van der Waals surface area contributed by atoms with E-state index in [1.807, 2.05) is 4.90 Å². The van der Waals surface area contributed by atoms with Gasteiger partial charge in [0.05, 0.1) is 18.2 Å². The zero-order valence-corrected chi connectivity index (χ0v) is 9.98. The number of amides is 1. The Morgan fingerprint density at radius 3 is 2.81 bits per heavy atom. The smallest absolute Gasteiger partial charge is 0.240 e. The molecule has 0 unspecified atom stereocenters. The molecule has 0 aromatic heterocycles. The summed E-state index contributed by atoms with van der Waals surface area (Å²) in [6.07, 6.45) is 4.81. The van der Waals surface area contributed by atoms with Crippen molar-refractivity contribution in [1.82, 2.24) is 10.2 Å². The van der Waals surface area contributed by atoms with Crippen LogP contribution in [0.3, 0.4) is 0 Å². The van der Waals surface area contributed by atoms with Crippen LogP contribution in [-0.2, 0) is 4.79 Å². The number of likely N-dealkylation sites (tertiary alicyclic amines) is 1. The number of rotatable bonds is 2. The summed E-state index contributed by atoms with van der Waals surface area (Å²) in [7, 11) is 0. The van der Waals surface area contributed by atoms with E-state index in [0.717, 1.165) is 38.8 Å². The van der Waals surface area contributed by atoms with Crippen LogP contribution in [0.15, 0.2) is 0 Å². The fourth-order valence-electron chi connectivity index (χ4n) is 2.83. The molecule has 4 nitrogen and oxygen atoms in total. The second kappa shape index (κ2) is 5.15. The van der Waals surface area contributed by atoms with Crippen LogP contribution in [0.5, 0.6) is 0 Å². The van der Waals surface area contributed by atoms with E-state index in [-0.39, 0.29) is 18.0 Å². The number of piperidine rings is 1. The fraction of sp³-hybridized carbons (Fsp3) is 0.917. The second-order valence-corrected chi connectivity index (χ2v) is 4.98. The van der Waals surface area contributed by atoms with Crippen LogP contribution in [0.2, 0.25) is 0 Å². The van der Waals surface area contributed by atoms with Gasteiger partial charge in [0, 0.05) is 6.54 Å². The Morgan fingerprint density at radius 2 is 2.19 bits per heavy atom. The average Bonchev–Trinajstić information content (AvgIpc) is 2.78. The lowest BCUT2D eigenvalue weighted by Crippen LogP contribution is -2.52. The van der Waals surface area contributed by atoms with Crippen molar-refractivity contribution < 1.29 is 9.90 Å². The van der Waals surface area contributed by atoms with Crippen molar-refractivity contribution >= 4 is 5.91 Å². The summed E-state index contributed by atoms with van der Waals surface area (Å²) in [4.78, 5) is 14.2. The van der Waals surface area contributed by atoms with Crippen LogP contribution in [0.1, 0.15) is 39.0 Å². The van der Waals surface area contributed by atoms with E-state index in [0.29, 0.717) is 0 Å². The fourth-order valence-corrected chi connectivity index (χ4v) is 2.83. The van der Waals surface area contributed by atoms with Crippen molar-refractivity contribution in [2.75, 3.05) is 13.1 Å². The van der Waals surface area contributed by atoms with Gasteiger partial charge in [0.2, 0.25) is 5.91 Å². The summed E-state index contributed by atoms with van der Waals surface area (Å²) < 4.78 is 0. The molecule has 2 fully saturated rings. The molecule has 0 bridgehead atoms. The van der Waals surface area contributed by atoms with Crippen molar-refractivity contribution in [2.45, 2.75) is 57.2 Å². The van der Waals surface area contributed by atoms with Gasteiger partial charge in [-0.2, -0.15) is 0 Å². The SMILES string of the molecule is C[C@H](O)[C@H]1CCCN1C(=O)[C@H]1CCCCN1. The average molecular weight is 226 g/mol. The molecule has 2 saturated heterocycles. The number of aliphatic hydroxyl groups excluding tert-OH is 1. The summed E-state index contributed by atoms with van der Waals surface area (Å²) >= 11 is 0. The lowest BCUT2D eigenvalue weighted by atomic mass is 10.0. The van der Waals surface area contributed by atoms with Crippen molar-refractivity contribution in [3.05, 3.63) is 0 Å². The third-order valence-electron chi connectivity index (χ3n) is 3.75. The number of carbonyl (C=O) groups is 1. The van der Waals surface area contributed by atoms with Crippen molar-refractivity contribution in [2.24, 2.45) is 0 Å². The van der Waals surface area contributed by atoms with E-state index >= 15 is 0 Å². The monoisotopic (exact) mass is 226 g/mol. The quantitative estimate of drug-likeness (QED) is 0.721. The lowest BCUT2D eigenvalue weighted by molar-refractivity contribution is -0.136. The maximum atomic E-state index is 12.3. The Labute approximate surface area is 97.0 Å². The molecule has 0 aromatic rings. The van der Waals surface area contributed by atoms with Crippen molar-refractivity contribution in [3.8, 4) is 0 Å². The Hall–Kier alpha value is -0.610. The molecule has 1 amide bonds. The van der Waals surface area contributed by atoms with E-state index in [9.17, 15) is 9.90 Å². The Bertz CT molecular complexity index is 249. The molecule has 3 atom stereocenters. The number of nitrogens with zero attached hydrogens (tertiary/aromatic N) is 1. The third-order valence-corrected chi connectivity index (χ3v) is 3.75. The first kappa shape index (κ1) is 11.9. The van der Waals surface area contributed by atoms with Crippen LogP contribution in [0, 0.1) is 0 Å². The summed E-state index contributed by atoms with van der Waals surface area (Å²) in [5.41, 5.74) is 0. The van der Waals surface area contributed by atoms with E-state index in [1.54, 1.807) is 6.92 Å². The van der Waals surface area contributed by atoms with Gasteiger partial charge in [0.15, 0.2) is 0 Å². The number of aliphatic hydroxyl groups is 1. The van der Waals surface area contributed by atoms with Gasteiger partial charge in [-0.05, 0) is 39.2 Å². The summed E-state index contributed by atoms with van der Waals surface area (Å²) in [6, 6.07) is 0.0318. The van der Waals surface area contributed by atoms with Gasteiger partial charge in [-0.3, -0.25) is 4.79 Å². The molecule has 2 aliphatic heterocycles. The summed E-state index contributed by atoms with van der Waals surface area (Å²) in [6.45, 7) is 3.54. The van der Waals surface area contributed by atoms with Crippen LogP contribution < -0.4 is 5.32 Å². The predicted octanol–water partition coefficient (Wildman–Crippen LogP) is 0.500. The van der Waals surface area contributed by atoms with Crippen molar-refractivity contribution in [3.63, 3.8) is 0 Å². The van der Waals surface area contributed by atoms with Gasteiger partial charge in [0.25, 0.3) is 0 Å². The molecule has 2 rings (SSSR count). The van der Waals surface area contributed by atoms with Gasteiger partial charge in [-0.1, -0.05) is 6.42 Å². The standard InChI is InChI=1S/C12H22N2O2/c1-9(15)11-6-4-8-14(11)12(16)10-5-2-3-7-13-10/h9-11,13,15H,2-8H2,1H3/t9-,10+,11+/m0/s1. The molecular weight excluding hydrogens is 204 g/mol. The Balaban J connectivity index is 1.97. The maximum Gasteiger partial charge on any atom is 0.240 e. The lowest BCUT2D eigenvalue weighted by Gasteiger charge is -2.32. The first-order valence-electron chi connectivity index (χ1n) is 6.42. The van der Waals surface area contributed by atoms with E-state index in [2.05, 4.69) is 5.32 Å². The Morgan fingerprint density at radius 1 is 1.38 bits per heavy atom. The van der Waals surface area contributed by atoms with Crippen LogP contribution in [-0.4, -0.2) is 47.2 Å². The van der Waals surface area contributed by atoms with Crippen LogP contribution in [0.25, 0.3) is 0 Å². The second-order valence-electron chi connectivity index (χ2n) is 4.98. The van der Waals surface area contributed by atoms with Gasteiger partial charge >= 0.3 is 0 Å². The van der Waals surface area contributed by atoms with Crippen LogP contribution in [0.4, 0.5) is 0 Å². The molecule has 2 heterocycles. The highest BCUT2D eigenvalue weighted by molar-refractivity contribution is 5.82. The molecule has 92 valence electrons. The molecule has 16 heavy (non-hydrogen) atoms. The molecule has 4 heteroatoms. The minimum Gasteiger partial charge on any atom is -0.391 e. The van der Waals surface area contributed by atoms with E-state index < -0.39 is 6.10 Å². The third kappa shape index (κ3) is 2.38. The minimum absolute atomic E-state index is 0.00639. The Kier molecular flexibility index (Phi) is 3.82. The predicted molar refractivity (Wildman–Crippen MR) is 62.1 cm³/mol. The van der Waals surface area contributed by atoms with Gasteiger partial charge < -0.3 is 15.3 Å². The number of carbonyl (C=O) groups excluding carboxylic acids is 1. The van der Waals surface area contributed by atoms with E-state index in [4.69, 9.17) is 0 Å². The molecule has 0 aliphatic carbocycles. The molecule has 2 aliphatic rings. The van der Waals surface area contributed by atoms with Gasteiger partial charge in [-0.25, -0.2) is 0 Å². The normalized spacial score (nSPS) is 32.8. The molecular formula is C12H22N2O2. The zero-order valence-electron chi connectivity index (χ0n) is 9.98. The van der Waals surface area contributed by atoms with Gasteiger partial charge in [0.1, 0.15) is 0 Å². The highest BCUT2D eigenvalue weighted by atomic mass is 16.3. The van der Waals surface area contributed by atoms with E-state index in [1.165, 1.54) is 6.42 Å². The number of hydrogen-bond donors (Lipinski definition) is 2. The first-order valence-corrected chi connectivity index (χ1v) is 6.42. The highest BCUT2D eigenvalue weighted by Crippen LogP contribution is 2.22. The summed E-state index contributed by atoms with van der Waals surface area (Å²) in [5, 5.41) is 12.9. The first-order chi connectivity index (χ1) is 7.70. The maximum absolute atomic E-state index is 12.3. The molecule has 2 N–H and O–H groups in total. The minimum atomic E-state index is -0.407.